The van der Waals surface area contributed by atoms with E-state index in [4.69, 9.17) is 0 Å². The van der Waals surface area contributed by atoms with Crippen LogP contribution in [0, 0.1) is 5.41 Å². The number of benzene rings is 2. The Balaban J connectivity index is 1.39. The van der Waals surface area contributed by atoms with Crippen LogP contribution < -0.4 is 10.6 Å². The smallest absolute Gasteiger partial charge is 0.253 e. The van der Waals surface area contributed by atoms with Crippen molar-refractivity contribution in [1.29, 1.82) is 0 Å². The second kappa shape index (κ2) is 10.5. The Morgan fingerprint density at radius 2 is 1.14 bits per heavy atom. The molecule has 4 amide bonds. The summed E-state index contributed by atoms with van der Waals surface area (Å²) in [4.78, 5) is 64.6. The predicted octanol–water partition coefficient (Wildman–Crippen LogP) is 3.57. The number of nitrogens with one attached hydrogen (secondary N) is 2. The molecule has 2 aliphatic heterocycles. The lowest BCUT2D eigenvalue weighted by Crippen LogP contribution is -2.44. The third kappa shape index (κ3) is 5.87. The standard InChI is InChI=1S/C28H32N4O5/c1-18(33)21-4-6-22(7-5-21)26(36)31-13-10-28(11-14-31)12-15-32(17-28)27(37)23-8-9-24(29-19(2)34)25(16-23)30-20(3)35/h4-9,16H,10-15,17H2,1-3H3,(H,29,34)(H,30,35). The molecule has 4 rings (SSSR count). The number of nitrogens with zero attached hydrogens (tertiary/aromatic N) is 2. The maximum atomic E-state index is 13.3. The number of hydrogen-bond donors (Lipinski definition) is 2. The van der Waals surface area contributed by atoms with Crippen LogP contribution in [-0.2, 0) is 9.59 Å². The molecule has 2 aliphatic rings. The fourth-order valence-electron chi connectivity index (χ4n) is 5.18. The zero-order valence-corrected chi connectivity index (χ0v) is 21.4. The average molecular weight is 505 g/mol. The van der Waals surface area contributed by atoms with Gasteiger partial charge in [0.1, 0.15) is 0 Å². The van der Waals surface area contributed by atoms with Crippen molar-refractivity contribution in [3.63, 3.8) is 0 Å². The number of rotatable bonds is 5. The fraction of sp³-hybridized carbons (Fsp3) is 0.393. The molecule has 37 heavy (non-hydrogen) atoms. The SMILES string of the molecule is CC(=O)Nc1ccc(C(=O)N2CCC3(CCN(C(=O)c4ccc(C(C)=O)cc4)CC3)C2)cc1NC(C)=O. The molecule has 0 aromatic heterocycles. The molecule has 2 aromatic rings. The molecular weight excluding hydrogens is 472 g/mol. The van der Waals surface area contributed by atoms with Crippen molar-refractivity contribution in [2.24, 2.45) is 5.41 Å². The molecule has 2 aromatic carbocycles. The first-order valence-electron chi connectivity index (χ1n) is 12.5. The van der Waals surface area contributed by atoms with E-state index < -0.39 is 0 Å². The van der Waals surface area contributed by atoms with E-state index in [2.05, 4.69) is 10.6 Å². The van der Waals surface area contributed by atoms with Crippen LogP contribution >= 0.6 is 0 Å². The van der Waals surface area contributed by atoms with Crippen molar-refractivity contribution in [2.45, 2.75) is 40.0 Å². The van der Waals surface area contributed by atoms with Gasteiger partial charge in [0.25, 0.3) is 11.8 Å². The normalized spacial score (nSPS) is 16.4. The van der Waals surface area contributed by atoms with Crippen LogP contribution in [0.2, 0.25) is 0 Å². The van der Waals surface area contributed by atoms with Gasteiger partial charge in [0.05, 0.1) is 11.4 Å². The van der Waals surface area contributed by atoms with Gasteiger partial charge in [0, 0.05) is 56.7 Å². The highest BCUT2D eigenvalue weighted by atomic mass is 16.2. The lowest BCUT2D eigenvalue weighted by atomic mass is 9.77. The van der Waals surface area contributed by atoms with Crippen LogP contribution in [-0.4, -0.2) is 65.4 Å². The quantitative estimate of drug-likeness (QED) is 0.604. The number of Topliss-reactive ketones (excluding diaryl/α,β-unsaturated/α-hetero) is 1. The van der Waals surface area contributed by atoms with Gasteiger partial charge in [-0.3, -0.25) is 24.0 Å². The van der Waals surface area contributed by atoms with Gasteiger partial charge in [-0.05, 0) is 61.9 Å². The van der Waals surface area contributed by atoms with Crippen LogP contribution in [0.3, 0.4) is 0 Å². The number of ketones is 1. The van der Waals surface area contributed by atoms with Gasteiger partial charge < -0.3 is 20.4 Å². The fourth-order valence-corrected chi connectivity index (χ4v) is 5.18. The summed E-state index contributed by atoms with van der Waals surface area (Å²) in [5, 5.41) is 5.35. The number of amides is 4. The first-order valence-corrected chi connectivity index (χ1v) is 12.5. The van der Waals surface area contributed by atoms with Crippen molar-refractivity contribution < 1.29 is 24.0 Å². The van der Waals surface area contributed by atoms with Crippen LogP contribution in [0.1, 0.15) is 71.1 Å². The molecule has 0 unspecified atom stereocenters. The van der Waals surface area contributed by atoms with Crippen molar-refractivity contribution in [3.8, 4) is 0 Å². The second-order valence-electron chi connectivity index (χ2n) is 10.0. The third-order valence-corrected chi connectivity index (χ3v) is 7.26. The zero-order valence-electron chi connectivity index (χ0n) is 21.4. The van der Waals surface area contributed by atoms with E-state index in [1.54, 1.807) is 42.5 Å². The third-order valence-electron chi connectivity index (χ3n) is 7.26. The molecule has 9 nitrogen and oxygen atoms in total. The van der Waals surface area contributed by atoms with E-state index in [0.29, 0.717) is 54.2 Å². The molecule has 2 saturated heterocycles. The summed E-state index contributed by atoms with van der Waals surface area (Å²) in [5.74, 6) is -0.769. The summed E-state index contributed by atoms with van der Waals surface area (Å²) in [5.41, 5.74) is 2.38. The van der Waals surface area contributed by atoms with Gasteiger partial charge in [0.2, 0.25) is 11.8 Å². The summed E-state index contributed by atoms with van der Waals surface area (Å²) < 4.78 is 0. The van der Waals surface area contributed by atoms with E-state index in [1.807, 2.05) is 9.80 Å². The Morgan fingerprint density at radius 3 is 1.70 bits per heavy atom. The van der Waals surface area contributed by atoms with Crippen LogP contribution in [0.25, 0.3) is 0 Å². The van der Waals surface area contributed by atoms with Gasteiger partial charge >= 0.3 is 0 Å². The van der Waals surface area contributed by atoms with Crippen molar-refractivity contribution in [3.05, 3.63) is 59.2 Å². The van der Waals surface area contributed by atoms with Gasteiger partial charge in [-0.15, -0.1) is 0 Å². The Labute approximate surface area is 216 Å². The molecule has 0 aliphatic carbocycles. The van der Waals surface area contributed by atoms with Crippen molar-refractivity contribution in [2.75, 3.05) is 36.8 Å². The molecule has 0 saturated carbocycles. The minimum absolute atomic E-state index is 0.0263. The molecule has 2 fully saturated rings. The second-order valence-corrected chi connectivity index (χ2v) is 10.0. The monoisotopic (exact) mass is 504 g/mol. The molecule has 194 valence electrons. The topological polar surface area (TPSA) is 116 Å². The van der Waals surface area contributed by atoms with Crippen LogP contribution in [0.15, 0.2) is 42.5 Å². The highest BCUT2D eigenvalue weighted by molar-refractivity contribution is 6.02. The Morgan fingerprint density at radius 1 is 0.649 bits per heavy atom. The van der Waals surface area contributed by atoms with E-state index in [9.17, 15) is 24.0 Å². The number of likely N-dealkylation sites (tertiary alicyclic amines) is 2. The summed E-state index contributed by atoms with van der Waals surface area (Å²) in [7, 11) is 0. The number of hydrogen-bond acceptors (Lipinski definition) is 5. The van der Waals surface area contributed by atoms with Crippen LogP contribution in [0.5, 0.6) is 0 Å². The van der Waals surface area contributed by atoms with Gasteiger partial charge in [-0.25, -0.2) is 0 Å². The van der Waals surface area contributed by atoms with Crippen molar-refractivity contribution in [1.82, 2.24) is 9.80 Å². The highest BCUT2D eigenvalue weighted by Gasteiger charge is 2.43. The number of carbonyl (C=O) groups is 5. The zero-order chi connectivity index (χ0) is 26.7. The van der Waals surface area contributed by atoms with Crippen LogP contribution in [0.4, 0.5) is 11.4 Å². The first kappa shape index (κ1) is 26.1. The summed E-state index contributed by atoms with van der Waals surface area (Å²) in [6.45, 7) is 6.73. The molecular formula is C28H32N4O5. The Bertz CT molecular complexity index is 1250. The maximum Gasteiger partial charge on any atom is 0.253 e. The van der Waals surface area contributed by atoms with Crippen molar-refractivity contribution >= 4 is 40.8 Å². The first-order chi connectivity index (χ1) is 17.6. The predicted molar refractivity (Wildman–Crippen MR) is 140 cm³/mol. The van der Waals surface area contributed by atoms with E-state index in [-0.39, 0.29) is 34.8 Å². The molecule has 0 bridgehead atoms. The Kier molecular flexibility index (Phi) is 7.42. The number of carbonyl (C=O) groups excluding carboxylic acids is 5. The maximum absolute atomic E-state index is 13.3. The van der Waals surface area contributed by atoms with E-state index >= 15 is 0 Å². The lowest BCUT2D eigenvalue weighted by molar-refractivity contribution is -0.115. The molecule has 2 heterocycles. The van der Waals surface area contributed by atoms with E-state index in [1.165, 1.54) is 20.8 Å². The molecule has 2 N–H and O–H groups in total. The largest absolute Gasteiger partial charge is 0.339 e. The summed E-state index contributed by atoms with van der Waals surface area (Å²) >= 11 is 0. The van der Waals surface area contributed by atoms with Gasteiger partial charge in [-0.2, -0.15) is 0 Å². The minimum Gasteiger partial charge on any atom is -0.339 e. The summed E-state index contributed by atoms with van der Waals surface area (Å²) in [6, 6.07) is 11.6. The molecule has 0 radical (unpaired) electrons. The molecule has 0 atom stereocenters. The minimum atomic E-state index is -0.299. The van der Waals surface area contributed by atoms with Gasteiger partial charge in [0.15, 0.2) is 5.78 Å². The summed E-state index contributed by atoms with van der Waals surface area (Å²) in [6.07, 6.45) is 2.50. The molecule has 1 spiro atoms. The molecule has 9 heteroatoms. The van der Waals surface area contributed by atoms with Gasteiger partial charge in [-0.1, -0.05) is 12.1 Å². The Hall–Kier alpha value is -4.01. The lowest BCUT2D eigenvalue weighted by Gasteiger charge is -2.39. The van der Waals surface area contributed by atoms with E-state index in [0.717, 1.165) is 19.3 Å². The number of piperidine rings is 1. The highest BCUT2D eigenvalue weighted by Crippen LogP contribution is 2.41. The number of anilines is 2. The average Bonchev–Trinajstić information content (AvgIpc) is 3.27.